The molecule has 0 radical (unpaired) electrons. The quantitative estimate of drug-likeness (QED) is 0.359. The minimum atomic E-state index is -4.12. The summed E-state index contributed by atoms with van der Waals surface area (Å²) in [5.74, 6) is -0.209. The van der Waals surface area contributed by atoms with Gasteiger partial charge in [0.05, 0.1) is 17.2 Å². The highest BCUT2D eigenvalue weighted by molar-refractivity contribution is 7.92. The molecule has 3 aromatic carbocycles. The summed E-state index contributed by atoms with van der Waals surface area (Å²) in [7, 11) is -2.60. The molecular formula is C30H37N3O5S. The number of amides is 2. The first-order valence-electron chi connectivity index (χ1n) is 13.0. The largest absolute Gasteiger partial charge is 0.494 e. The molecule has 0 aliphatic rings. The van der Waals surface area contributed by atoms with Gasteiger partial charge in [0.25, 0.3) is 10.0 Å². The van der Waals surface area contributed by atoms with E-state index in [1.165, 1.54) is 24.1 Å². The fraction of sp³-hybridized carbons (Fsp3) is 0.333. The van der Waals surface area contributed by atoms with E-state index in [2.05, 4.69) is 5.32 Å². The Morgan fingerprint density at radius 2 is 1.56 bits per heavy atom. The van der Waals surface area contributed by atoms with Gasteiger partial charge in [0.2, 0.25) is 11.8 Å². The number of nitrogens with one attached hydrogen (secondary N) is 1. The zero-order chi connectivity index (χ0) is 28.6. The summed E-state index contributed by atoms with van der Waals surface area (Å²) in [6, 6.07) is 19.9. The van der Waals surface area contributed by atoms with Gasteiger partial charge in [0.1, 0.15) is 18.3 Å². The third-order valence-corrected chi connectivity index (χ3v) is 8.35. The molecule has 3 aromatic rings. The molecule has 208 valence electrons. The Morgan fingerprint density at radius 3 is 2.13 bits per heavy atom. The fourth-order valence-corrected chi connectivity index (χ4v) is 5.71. The highest BCUT2D eigenvalue weighted by Crippen LogP contribution is 2.27. The smallest absolute Gasteiger partial charge is 0.264 e. The minimum absolute atomic E-state index is 0.0681. The molecule has 0 aliphatic carbocycles. The first kappa shape index (κ1) is 29.7. The number of carbonyl (C=O) groups is 2. The molecule has 9 heteroatoms. The number of hydrogen-bond acceptors (Lipinski definition) is 5. The second kappa shape index (κ2) is 13.3. The topological polar surface area (TPSA) is 96.0 Å². The van der Waals surface area contributed by atoms with E-state index in [-0.39, 0.29) is 17.3 Å². The lowest BCUT2D eigenvalue weighted by Gasteiger charge is -2.33. The van der Waals surface area contributed by atoms with Crippen molar-refractivity contribution in [2.45, 2.75) is 51.6 Å². The van der Waals surface area contributed by atoms with Crippen LogP contribution < -0.4 is 14.4 Å². The molecule has 3 rings (SSSR count). The summed E-state index contributed by atoms with van der Waals surface area (Å²) < 4.78 is 34.4. The standard InChI is InChI=1S/C30H37N3O5S/c1-6-28(30(35)31-5)32(20-24-11-9-8-10-23(24)4)29(34)21-33(25-14-16-26(17-15-25)38-7-2)39(36,37)27-18-12-22(3)13-19-27/h8-19,28H,6-7,20-21H2,1-5H3,(H,31,35). The first-order chi connectivity index (χ1) is 18.6. The van der Waals surface area contributed by atoms with Crippen molar-refractivity contribution in [1.29, 1.82) is 0 Å². The zero-order valence-corrected chi connectivity index (χ0v) is 24.0. The van der Waals surface area contributed by atoms with Gasteiger partial charge in [-0.15, -0.1) is 0 Å². The van der Waals surface area contributed by atoms with Crippen LogP contribution in [0.2, 0.25) is 0 Å². The molecule has 1 atom stereocenters. The normalized spacial score (nSPS) is 11.9. The molecule has 0 saturated heterocycles. The SMILES string of the molecule is CCOc1ccc(N(CC(=O)N(Cc2ccccc2C)C(CC)C(=O)NC)S(=O)(=O)c2ccc(C)cc2)cc1. The Labute approximate surface area is 231 Å². The fourth-order valence-electron chi connectivity index (χ4n) is 4.30. The number of benzene rings is 3. The molecule has 1 N–H and O–H groups in total. The Hall–Kier alpha value is -3.85. The molecule has 1 unspecified atom stereocenters. The van der Waals surface area contributed by atoms with Crippen molar-refractivity contribution in [1.82, 2.24) is 10.2 Å². The van der Waals surface area contributed by atoms with E-state index in [9.17, 15) is 18.0 Å². The van der Waals surface area contributed by atoms with Crippen molar-refractivity contribution < 1.29 is 22.7 Å². The predicted molar refractivity (Wildman–Crippen MR) is 153 cm³/mol. The molecule has 39 heavy (non-hydrogen) atoms. The van der Waals surface area contributed by atoms with Crippen molar-refractivity contribution in [3.05, 3.63) is 89.5 Å². The van der Waals surface area contributed by atoms with Gasteiger partial charge in [-0.05, 0) is 74.7 Å². The van der Waals surface area contributed by atoms with Crippen molar-refractivity contribution >= 4 is 27.5 Å². The lowest BCUT2D eigenvalue weighted by Crippen LogP contribution is -2.51. The average Bonchev–Trinajstić information content (AvgIpc) is 2.93. The van der Waals surface area contributed by atoms with Crippen LogP contribution in [0.3, 0.4) is 0 Å². The van der Waals surface area contributed by atoms with Crippen LogP contribution in [-0.2, 0) is 26.2 Å². The predicted octanol–water partition coefficient (Wildman–Crippen LogP) is 4.45. The van der Waals surface area contributed by atoms with Crippen molar-refractivity contribution in [2.75, 3.05) is 24.5 Å². The van der Waals surface area contributed by atoms with Gasteiger partial charge in [-0.3, -0.25) is 13.9 Å². The van der Waals surface area contributed by atoms with Gasteiger partial charge >= 0.3 is 0 Å². The van der Waals surface area contributed by atoms with E-state index in [1.54, 1.807) is 36.4 Å². The van der Waals surface area contributed by atoms with Gasteiger partial charge in [-0.25, -0.2) is 8.42 Å². The van der Waals surface area contributed by atoms with Gasteiger partial charge in [0, 0.05) is 13.6 Å². The van der Waals surface area contributed by atoms with E-state index in [0.29, 0.717) is 24.5 Å². The molecule has 0 bridgehead atoms. The van der Waals surface area contributed by atoms with Crippen LogP contribution in [0.15, 0.2) is 77.7 Å². The van der Waals surface area contributed by atoms with E-state index < -0.39 is 28.5 Å². The molecular weight excluding hydrogens is 514 g/mol. The second-order valence-electron chi connectivity index (χ2n) is 9.24. The van der Waals surface area contributed by atoms with E-state index in [0.717, 1.165) is 21.0 Å². The maximum absolute atomic E-state index is 14.0. The molecule has 0 aliphatic heterocycles. The van der Waals surface area contributed by atoms with Crippen molar-refractivity contribution in [2.24, 2.45) is 0 Å². The number of rotatable bonds is 12. The number of ether oxygens (including phenoxy) is 1. The number of sulfonamides is 1. The molecule has 0 aromatic heterocycles. The van der Waals surface area contributed by atoms with Crippen LogP contribution in [0.5, 0.6) is 5.75 Å². The molecule has 0 saturated carbocycles. The monoisotopic (exact) mass is 551 g/mol. The lowest BCUT2D eigenvalue weighted by molar-refractivity contribution is -0.140. The third kappa shape index (κ3) is 7.17. The summed E-state index contributed by atoms with van der Waals surface area (Å²) in [6.07, 6.45) is 0.366. The Morgan fingerprint density at radius 1 is 0.923 bits per heavy atom. The minimum Gasteiger partial charge on any atom is -0.494 e. The zero-order valence-electron chi connectivity index (χ0n) is 23.2. The summed E-state index contributed by atoms with van der Waals surface area (Å²) in [5.41, 5.74) is 3.08. The molecule has 8 nitrogen and oxygen atoms in total. The van der Waals surface area contributed by atoms with Crippen LogP contribution in [0, 0.1) is 13.8 Å². The van der Waals surface area contributed by atoms with Gasteiger partial charge in [-0.1, -0.05) is 48.9 Å². The number of hydrogen-bond donors (Lipinski definition) is 1. The highest BCUT2D eigenvalue weighted by Gasteiger charge is 2.33. The van der Waals surface area contributed by atoms with Crippen LogP contribution in [0.25, 0.3) is 0 Å². The molecule has 0 fully saturated rings. The van der Waals surface area contributed by atoms with Gasteiger partial charge in [0.15, 0.2) is 0 Å². The Kier molecular flexibility index (Phi) is 10.1. The lowest BCUT2D eigenvalue weighted by atomic mass is 10.1. The average molecular weight is 552 g/mol. The summed E-state index contributed by atoms with van der Waals surface area (Å²) in [4.78, 5) is 28.3. The third-order valence-electron chi connectivity index (χ3n) is 6.56. The van der Waals surface area contributed by atoms with Crippen molar-refractivity contribution in [3.8, 4) is 5.75 Å². The number of carbonyl (C=O) groups excluding carboxylic acids is 2. The number of anilines is 1. The summed E-state index contributed by atoms with van der Waals surface area (Å²) >= 11 is 0. The Balaban J connectivity index is 2.07. The number of aryl methyl sites for hydroxylation is 2. The Bertz CT molecular complexity index is 1370. The molecule has 0 heterocycles. The summed E-state index contributed by atoms with van der Waals surface area (Å²) in [6.45, 7) is 7.65. The van der Waals surface area contributed by atoms with Gasteiger partial charge < -0.3 is 15.0 Å². The first-order valence-corrected chi connectivity index (χ1v) is 14.4. The second-order valence-corrected chi connectivity index (χ2v) is 11.1. The molecule has 0 spiro atoms. The van der Waals surface area contributed by atoms with Crippen LogP contribution in [-0.4, -0.2) is 51.4 Å². The maximum atomic E-state index is 14.0. The van der Waals surface area contributed by atoms with Crippen molar-refractivity contribution in [3.63, 3.8) is 0 Å². The van der Waals surface area contributed by atoms with E-state index in [4.69, 9.17) is 4.74 Å². The molecule has 2 amide bonds. The van der Waals surface area contributed by atoms with Crippen LogP contribution in [0.1, 0.15) is 37.0 Å². The van der Waals surface area contributed by atoms with Gasteiger partial charge in [-0.2, -0.15) is 0 Å². The number of nitrogens with zero attached hydrogens (tertiary/aromatic N) is 2. The van der Waals surface area contributed by atoms with E-state index in [1.807, 2.05) is 52.0 Å². The maximum Gasteiger partial charge on any atom is 0.264 e. The van der Waals surface area contributed by atoms with E-state index >= 15 is 0 Å². The van der Waals surface area contributed by atoms with Crippen LogP contribution >= 0.6 is 0 Å². The number of likely N-dealkylation sites (N-methyl/N-ethyl adjacent to an activating group) is 1. The van der Waals surface area contributed by atoms with Crippen LogP contribution in [0.4, 0.5) is 5.69 Å². The summed E-state index contributed by atoms with van der Waals surface area (Å²) in [5, 5.41) is 2.64. The highest BCUT2D eigenvalue weighted by atomic mass is 32.2.